The van der Waals surface area contributed by atoms with Crippen LogP contribution in [0.5, 0.6) is 0 Å². The van der Waals surface area contributed by atoms with Crippen molar-refractivity contribution in [2.45, 2.75) is 18.9 Å². The molecule has 1 aromatic carbocycles. The Morgan fingerprint density at radius 1 is 1.26 bits per heavy atom. The number of anilines is 1. The average molecular weight is 446 g/mol. The van der Waals surface area contributed by atoms with Crippen molar-refractivity contribution >= 4 is 34.2 Å². The fourth-order valence-electron chi connectivity index (χ4n) is 3.33. The molecule has 6 N–H and O–H groups in total. The number of thiophene rings is 1. The summed E-state index contributed by atoms with van der Waals surface area (Å²) in [7, 11) is 1.57. The molecule has 0 unspecified atom stereocenters. The third-order valence-corrected chi connectivity index (χ3v) is 5.95. The van der Waals surface area contributed by atoms with Crippen molar-refractivity contribution in [2.75, 3.05) is 38.7 Å². The van der Waals surface area contributed by atoms with E-state index in [0.29, 0.717) is 35.8 Å². The van der Waals surface area contributed by atoms with E-state index in [1.807, 2.05) is 6.07 Å². The van der Waals surface area contributed by atoms with Gasteiger partial charge in [0.1, 0.15) is 5.00 Å². The molecule has 1 saturated heterocycles. The number of piperidine rings is 1. The van der Waals surface area contributed by atoms with Gasteiger partial charge < -0.3 is 26.4 Å². The molecule has 0 spiro atoms. The lowest BCUT2D eigenvalue weighted by atomic mass is 10.1. The summed E-state index contributed by atoms with van der Waals surface area (Å²) in [6.45, 7) is 2.49. The first-order chi connectivity index (χ1) is 15.0. The number of benzene rings is 1. The van der Waals surface area contributed by atoms with Crippen LogP contribution in [-0.4, -0.2) is 57.2 Å². The van der Waals surface area contributed by atoms with Gasteiger partial charge in [0.2, 0.25) is 0 Å². The molecule has 0 aliphatic carbocycles. The Labute approximate surface area is 184 Å². The predicted molar refractivity (Wildman–Crippen MR) is 121 cm³/mol. The van der Waals surface area contributed by atoms with E-state index in [2.05, 4.69) is 21.3 Å². The number of nitrogens with two attached hydrogens (primary N) is 1. The molecule has 1 aromatic heterocycles. The Bertz CT molecular complexity index is 940. The lowest BCUT2D eigenvalue weighted by molar-refractivity contribution is 0.0926. The van der Waals surface area contributed by atoms with E-state index in [1.165, 1.54) is 11.3 Å². The molecule has 166 valence electrons. The molecule has 1 fully saturated rings. The number of methoxy groups -OCH3 is 1. The van der Waals surface area contributed by atoms with Gasteiger partial charge in [-0.05, 0) is 43.1 Å². The standard InChI is InChI=1S/C21H27N5O4S/c1-30-9-8-24-18(27)14-5-2-4-13(10-14)17-11-16(20(31-17)26-21(22)29)19(28)25-15-6-3-7-23-12-15/h2,4-5,10-11,15,23H,3,6-9,12H2,1H3,(H,24,27)(H,25,28)(H3,22,26,29)/t15-/m0/s1. The van der Waals surface area contributed by atoms with E-state index in [0.717, 1.165) is 29.8 Å². The molecule has 4 amide bonds. The molecule has 1 aliphatic rings. The van der Waals surface area contributed by atoms with Crippen LogP contribution < -0.4 is 27.0 Å². The summed E-state index contributed by atoms with van der Waals surface area (Å²) in [5.74, 6) is -0.484. The highest BCUT2D eigenvalue weighted by molar-refractivity contribution is 7.20. The van der Waals surface area contributed by atoms with Gasteiger partial charge in [-0.15, -0.1) is 11.3 Å². The first-order valence-corrected chi connectivity index (χ1v) is 10.9. The molecule has 31 heavy (non-hydrogen) atoms. The molecule has 9 nitrogen and oxygen atoms in total. The van der Waals surface area contributed by atoms with Crippen LogP contribution in [0.15, 0.2) is 30.3 Å². The minimum atomic E-state index is -0.743. The van der Waals surface area contributed by atoms with Crippen LogP contribution in [0.25, 0.3) is 10.4 Å². The van der Waals surface area contributed by atoms with Crippen molar-refractivity contribution in [1.82, 2.24) is 16.0 Å². The highest BCUT2D eigenvalue weighted by Crippen LogP contribution is 2.36. The topological polar surface area (TPSA) is 135 Å². The second-order valence-electron chi connectivity index (χ2n) is 7.19. The number of carbonyl (C=O) groups excluding carboxylic acids is 3. The van der Waals surface area contributed by atoms with Crippen molar-refractivity contribution < 1.29 is 19.1 Å². The highest BCUT2D eigenvalue weighted by Gasteiger charge is 2.22. The average Bonchev–Trinajstić information content (AvgIpc) is 3.18. The second kappa shape index (κ2) is 10.9. The maximum Gasteiger partial charge on any atom is 0.317 e. The van der Waals surface area contributed by atoms with Crippen LogP contribution in [0, 0.1) is 0 Å². The molecule has 2 heterocycles. The normalized spacial score (nSPS) is 15.8. The maximum atomic E-state index is 12.9. The zero-order valence-electron chi connectivity index (χ0n) is 17.3. The van der Waals surface area contributed by atoms with Gasteiger partial charge in [-0.3, -0.25) is 14.9 Å². The van der Waals surface area contributed by atoms with Gasteiger partial charge in [0.15, 0.2) is 0 Å². The number of ether oxygens (including phenoxy) is 1. The summed E-state index contributed by atoms with van der Waals surface area (Å²) in [4.78, 5) is 37.4. The zero-order chi connectivity index (χ0) is 22.2. The van der Waals surface area contributed by atoms with Gasteiger partial charge >= 0.3 is 6.03 Å². The number of hydrogen-bond donors (Lipinski definition) is 5. The van der Waals surface area contributed by atoms with Crippen LogP contribution in [0.1, 0.15) is 33.6 Å². The van der Waals surface area contributed by atoms with Gasteiger partial charge in [0.25, 0.3) is 11.8 Å². The largest absolute Gasteiger partial charge is 0.383 e. The van der Waals surface area contributed by atoms with Gasteiger partial charge in [-0.2, -0.15) is 0 Å². The van der Waals surface area contributed by atoms with Crippen LogP contribution in [0.2, 0.25) is 0 Å². The highest BCUT2D eigenvalue weighted by atomic mass is 32.1. The molecule has 0 radical (unpaired) electrons. The van der Waals surface area contributed by atoms with Crippen molar-refractivity contribution in [3.63, 3.8) is 0 Å². The van der Waals surface area contributed by atoms with E-state index >= 15 is 0 Å². The van der Waals surface area contributed by atoms with Gasteiger partial charge in [0.05, 0.1) is 12.2 Å². The van der Waals surface area contributed by atoms with Crippen LogP contribution in [0.4, 0.5) is 9.80 Å². The summed E-state index contributed by atoms with van der Waals surface area (Å²) in [5.41, 5.74) is 6.90. The number of carbonyl (C=O) groups is 3. The lowest BCUT2D eigenvalue weighted by Crippen LogP contribution is -2.45. The number of rotatable bonds is 8. The number of hydrogen-bond acceptors (Lipinski definition) is 6. The molecule has 1 atom stereocenters. The quantitative estimate of drug-likeness (QED) is 0.395. The first-order valence-electron chi connectivity index (χ1n) is 10.1. The molecule has 0 saturated carbocycles. The van der Waals surface area contributed by atoms with E-state index in [-0.39, 0.29) is 17.9 Å². The number of amides is 4. The van der Waals surface area contributed by atoms with E-state index in [1.54, 1.807) is 31.4 Å². The minimum absolute atomic E-state index is 0.0325. The number of primary amides is 1. The SMILES string of the molecule is COCCNC(=O)c1cccc(-c2cc(C(=O)N[C@H]3CCCNC3)c(NC(N)=O)s2)c1. The van der Waals surface area contributed by atoms with Gasteiger partial charge in [-0.25, -0.2) is 4.79 Å². The van der Waals surface area contributed by atoms with Crippen molar-refractivity contribution in [3.8, 4) is 10.4 Å². The summed E-state index contributed by atoms with van der Waals surface area (Å²) in [6, 6.07) is 8.08. The summed E-state index contributed by atoms with van der Waals surface area (Å²) < 4.78 is 4.95. The number of nitrogens with one attached hydrogen (secondary N) is 4. The van der Waals surface area contributed by atoms with Gasteiger partial charge in [0, 0.05) is 36.7 Å². The maximum absolute atomic E-state index is 12.9. The molecule has 10 heteroatoms. The lowest BCUT2D eigenvalue weighted by Gasteiger charge is -2.23. The fraction of sp³-hybridized carbons (Fsp3) is 0.381. The fourth-order valence-corrected chi connectivity index (χ4v) is 4.38. The smallest absolute Gasteiger partial charge is 0.317 e. The van der Waals surface area contributed by atoms with E-state index in [4.69, 9.17) is 10.5 Å². The van der Waals surface area contributed by atoms with Crippen LogP contribution in [-0.2, 0) is 4.74 Å². The third-order valence-electron chi connectivity index (χ3n) is 4.85. The molecule has 1 aliphatic heterocycles. The predicted octanol–water partition coefficient (Wildman–Crippen LogP) is 1.76. The zero-order valence-corrected chi connectivity index (χ0v) is 18.1. The molecule has 3 rings (SSSR count). The molecular formula is C21H27N5O4S. The Hall–Kier alpha value is -2.95. The Balaban J connectivity index is 1.82. The Morgan fingerprint density at radius 2 is 2.10 bits per heavy atom. The van der Waals surface area contributed by atoms with Crippen LogP contribution >= 0.6 is 11.3 Å². The third kappa shape index (κ3) is 6.27. The molecule has 2 aromatic rings. The summed E-state index contributed by atoms with van der Waals surface area (Å²) >= 11 is 1.23. The van der Waals surface area contributed by atoms with E-state index in [9.17, 15) is 14.4 Å². The minimum Gasteiger partial charge on any atom is -0.383 e. The van der Waals surface area contributed by atoms with Crippen molar-refractivity contribution in [2.24, 2.45) is 5.73 Å². The monoisotopic (exact) mass is 445 g/mol. The van der Waals surface area contributed by atoms with Crippen molar-refractivity contribution in [1.29, 1.82) is 0 Å². The number of urea groups is 1. The molecular weight excluding hydrogens is 418 g/mol. The molecule has 0 bridgehead atoms. The Morgan fingerprint density at radius 3 is 2.81 bits per heavy atom. The van der Waals surface area contributed by atoms with Crippen molar-refractivity contribution in [3.05, 3.63) is 41.5 Å². The first kappa shape index (κ1) is 22.7. The summed E-state index contributed by atoms with van der Waals surface area (Å²) in [5, 5.41) is 12.0. The van der Waals surface area contributed by atoms with Gasteiger partial charge in [-0.1, -0.05) is 12.1 Å². The second-order valence-corrected chi connectivity index (χ2v) is 8.24. The van der Waals surface area contributed by atoms with E-state index < -0.39 is 6.03 Å². The van der Waals surface area contributed by atoms with Crippen LogP contribution in [0.3, 0.4) is 0 Å². The Kier molecular flexibility index (Phi) is 7.99. The summed E-state index contributed by atoms with van der Waals surface area (Å²) in [6.07, 6.45) is 1.89.